The molecule has 0 unspecified atom stereocenters. The Hall–Kier alpha value is -2.99. The monoisotopic (exact) mass is 417 g/mol. The van der Waals surface area contributed by atoms with Gasteiger partial charge in [-0.15, -0.1) is 0 Å². The summed E-state index contributed by atoms with van der Waals surface area (Å²) in [4.78, 5) is 23.6. The molecule has 0 heterocycles. The van der Waals surface area contributed by atoms with Crippen LogP contribution in [0.3, 0.4) is 0 Å². The fourth-order valence-electron chi connectivity index (χ4n) is 2.46. The van der Waals surface area contributed by atoms with Gasteiger partial charge < -0.3 is 19.5 Å². The molecule has 0 atom stereocenters. The van der Waals surface area contributed by atoms with Gasteiger partial charge in [0, 0.05) is 17.6 Å². The number of halogens is 1. The van der Waals surface area contributed by atoms with Crippen molar-refractivity contribution in [1.29, 1.82) is 0 Å². The van der Waals surface area contributed by atoms with E-state index in [9.17, 15) is 9.59 Å². The van der Waals surface area contributed by atoms with E-state index in [1.54, 1.807) is 43.5 Å². The summed E-state index contributed by atoms with van der Waals surface area (Å²) in [5.74, 6) is 0.238. The maximum Gasteiger partial charge on any atom is 0.331 e. The van der Waals surface area contributed by atoms with Crippen LogP contribution in [-0.2, 0) is 20.7 Å². The first-order valence-corrected chi connectivity index (χ1v) is 9.56. The van der Waals surface area contributed by atoms with Gasteiger partial charge in [0.15, 0.2) is 18.1 Å². The van der Waals surface area contributed by atoms with E-state index in [1.165, 1.54) is 6.08 Å². The fourth-order valence-corrected chi connectivity index (χ4v) is 2.59. The van der Waals surface area contributed by atoms with Crippen LogP contribution in [0.4, 0.5) is 0 Å². The molecule has 2 aromatic rings. The Bertz CT molecular complexity index is 849. The number of ether oxygens (including phenoxy) is 3. The molecule has 0 aliphatic rings. The molecule has 154 valence electrons. The zero-order valence-electron chi connectivity index (χ0n) is 16.4. The number of methoxy groups -OCH3 is 1. The molecule has 2 aromatic carbocycles. The Morgan fingerprint density at radius 2 is 1.86 bits per heavy atom. The molecule has 2 rings (SSSR count). The van der Waals surface area contributed by atoms with Crippen molar-refractivity contribution in [2.24, 2.45) is 0 Å². The number of benzene rings is 2. The first-order chi connectivity index (χ1) is 14.0. The summed E-state index contributed by atoms with van der Waals surface area (Å²) in [5, 5.41) is 3.37. The number of esters is 1. The number of rotatable bonds is 10. The lowest BCUT2D eigenvalue weighted by Crippen LogP contribution is -2.30. The molecule has 0 aromatic heterocycles. The maximum atomic E-state index is 11.8. The number of amides is 1. The zero-order valence-corrected chi connectivity index (χ0v) is 17.2. The SMILES string of the molecule is CCOc1ccc(/C=C/C(=O)OCC(=O)NCCc2ccc(Cl)cc2)cc1OC. The lowest BCUT2D eigenvalue weighted by molar-refractivity contribution is -0.143. The molecule has 0 saturated heterocycles. The lowest BCUT2D eigenvalue weighted by Gasteiger charge is -2.09. The van der Waals surface area contributed by atoms with Crippen LogP contribution in [0.25, 0.3) is 6.08 Å². The van der Waals surface area contributed by atoms with Gasteiger partial charge in [0.05, 0.1) is 13.7 Å². The molecule has 0 aliphatic carbocycles. The third-order valence-corrected chi connectivity index (χ3v) is 4.15. The Balaban J connectivity index is 1.74. The van der Waals surface area contributed by atoms with Gasteiger partial charge in [-0.2, -0.15) is 0 Å². The van der Waals surface area contributed by atoms with Gasteiger partial charge >= 0.3 is 5.97 Å². The Kier molecular flexibility index (Phi) is 9.05. The van der Waals surface area contributed by atoms with Gasteiger partial charge in [-0.1, -0.05) is 29.8 Å². The predicted octanol–water partition coefficient (Wildman–Crippen LogP) is 3.66. The maximum absolute atomic E-state index is 11.8. The number of hydrogen-bond acceptors (Lipinski definition) is 5. The minimum absolute atomic E-state index is 0.337. The second-order valence-electron chi connectivity index (χ2n) is 6.01. The van der Waals surface area contributed by atoms with Crippen molar-refractivity contribution >= 4 is 29.6 Å². The van der Waals surface area contributed by atoms with Gasteiger partial charge in [-0.05, 0) is 54.8 Å². The second-order valence-corrected chi connectivity index (χ2v) is 6.45. The van der Waals surface area contributed by atoms with Crippen LogP contribution < -0.4 is 14.8 Å². The van der Waals surface area contributed by atoms with Crippen LogP contribution in [0.2, 0.25) is 5.02 Å². The summed E-state index contributed by atoms with van der Waals surface area (Å²) in [6, 6.07) is 12.7. The molecule has 6 nitrogen and oxygen atoms in total. The normalized spacial score (nSPS) is 10.6. The van der Waals surface area contributed by atoms with Crippen LogP contribution in [-0.4, -0.2) is 38.7 Å². The Morgan fingerprint density at radius 3 is 2.55 bits per heavy atom. The average molecular weight is 418 g/mol. The van der Waals surface area contributed by atoms with Crippen LogP contribution >= 0.6 is 11.6 Å². The Morgan fingerprint density at radius 1 is 1.10 bits per heavy atom. The van der Waals surface area contributed by atoms with Gasteiger partial charge in [0.1, 0.15) is 0 Å². The molecule has 0 fully saturated rings. The summed E-state index contributed by atoms with van der Waals surface area (Å²) in [7, 11) is 1.55. The Labute approximate surface area is 175 Å². The van der Waals surface area contributed by atoms with Crippen molar-refractivity contribution in [3.63, 3.8) is 0 Å². The highest BCUT2D eigenvalue weighted by atomic mass is 35.5. The highest BCUT2D eigenvalue weighted by Gasteiger charge is 2.06. The smallest absolute Gasteiger partial charge is 0.331 e. The number of carbonyl (C=O) groups is 2. The lowest BCUT2D eigenvalue weighted by atomic mass is 10.1. The standard InChI is InChI=1S/C22H24ClNO5/c1-3-28-19-10-6-17(14-20(19)27-2)7-11-22(26)29-15-21(25)24-13-12-16-4-8-18(23)9-5-16/h4-11,14H,3,12-13,15H2,1-2H3,(H,24,25)/b11-7+. The molecule has 1 N–H and O–H groups in total. The third kappa shape index (κ3) is 7.87. The quantitative estimate of drug-likeness (QED) is 0.471. The number of carbonyl (C=O) groups excluding carboxylic acids is 2. The molecule has 0 radical (unpaired) electrons. The van der Waals surface area contributed by atoms with E-state index in [1.807, 2.05) is 19.1 Å². The molecular weight excluding hydrogens is 394 g/mol. The van der Waals surface area contributed by atoms with Crippen LogP contribution in [0, 0.1) is 0 Å². The van der Waals surface area contributed by atoms with Gasteiger partial charge in [0.25, 0.3) is 5.91 Å². The highest BCUT2D eigenvalue weighted by Crippen LogP contribution is 2.28. The molecule has 29 heavy (non-hydrogen) atoms. The first kappa shape index (κ1) is 22.3. The van der Waals surface area contributed by atoms with Crippen molar-refractivity contribution in [1.82, 2.24) is 5.32 Å². The van der Waals surface area contributed by atoms with Crippen molar-refractivity contribution in [3.8, 4) is 11.5 Å². The predicted molar refractivity (Wildman–Crippen MR) is 112 cm³/mol. The summed E-state index contributed by atoms with van der Waals surface area (Å²) < 4.78 is 15.7. The molecule has 7 heteroatoms. The molecule has 1 amide bonds. The molecule has 0 spiro atoms. The van der Waals surface area contributed by atoms with E-state index >= 15 is 0 Å². The third-order valence-electron chi connectivity index (χ3n) is 3.89. The van der Waals surface area contributed by atoms with E-state index in [2.05, 4.69) is 5.32 Å². The van der Waals surface area contributed by atoms with E-state index in [4.69, 9.17) is 25.8 Å². The van der Waals surface area contributed by atoms with Gasteiger partial charge in [-0.3, -0.25) is 4.79 Å². The van der Waals surface area contributed by atoms with Crippen molar-refractivity contribution < 1.29 is 23.8 Å². The molecule has 0 saturated carbocycles. The van der Waals surface area contributed by atoms with Crippen molar-refractivity contribution in [3.05, 3.63) is 64.7 Å². The second kappa shape index (κ2) is 11.8. The zero-order chi connectivity index (χ0) is 21.1. The summed E-state index contributed by atoms with van der Waals surface area (Å²) in [5.41, 5.74) is 1.80. The first-order valence-electron chi connectivity index (χ1n) is 9.18. The fraction of sp³-hybridized carbons (Fsp3) is 0.273. The van der Waals surface area contributed by atoms with E-state index < -0.39 is 5.97 Å². The summed E-state index contributed by atoms with van der Waals surface area (Å²) in [6.45, 7) is 2.52. The van der Waals surface area contributed by atoms with Gasteiger partial charge in [-0.25, -0.2) is 4.79 Å². The average Bonchev–Trinajstić information content (AvgIpc) is 2.73. The number of hydrogen-bond donors (Lipinski definition) is 1. The van der Waals surface area contributed by atoms with Crippen LogP contribution in [0.15, 0.2) is 48.5 Å². The highest BCUT2D eigenvalue weighted by molar-refractivity contribution is 6.30. The van der Waals surface area contributed by atoms with Crippen LogP contribution in [0.5, 0.6) is 11.5 Å². The van der Waals surface area contributed by atoms with Crippen molar-refractivity contribution in [2.75, 3.05) is 26.9 Å². The topological polar surface area (TPSA) is 73.9 Å². The molecule has 0 aliphatic heterocycles. The van der Waals surface area contributed by atoms with E-state index in [0.717, 1.165) is 11.1 Å². The molecule has 0 bridgehead atoms. The number of nitrogens with one attached hydrogen (secondary N) is 1. The minimum atomic E-state index is -0.606. The largest absolute Gasteiger partial charge is 0.493 e. The van der Waals surface area contributed by atoms with Gasteiger partial charge in [0.2, 0.25) is 0 Å². The van der Waals surface area contributed by atoms with Crippen molar-refractivity contribution in [2.45, 2.75) is 13.3 Å². The minimum Gasteiger partial charge on any atom is -0.493 e. The van der Waals surface area contributed by atoms with E-state index in [0.29, 0.717) is 36.1 Å². The molecular formula is C22H24ClNO5. The van der Waals surface area contributed by atoms with Crippen LogP contribution in [0.1, 0.15) is 18.1 Å². The summed E-state index contributed by atoms with van der Waals surface area (Å²) in [6.07, 6.45) is 3.51. The van der Waals surface area contributed by atoms with E-state index in [-0.39, 0.29) is 12.5 Å². The summed E-state index contributed by atoms with van der Waals surface area (Å²) >= 11 is 5.83.